The molecule has 1 rings (SSSR count). The number of aromatic hydroxyl groups is 1. The maximum Gasteiger partial charge on any atom is 0.123 e. The SMILES string of the molecule is CCC[C@@H](N)c1cccc(CC)c1O. The van der Waals surface area contributed by atoms with Gasteiger partial charge in [0.1, 0.15) is 5.75 Å². The van der Waals surface area contributed by atoms with Crippen molar-refractivity contribution in [2.24, 2.45) is 5.73 Å². The van der Waals surface area contributed by atoms with Crippen LogP contribution in [0, 0.1) is 0 Å². The summed E-state index contributed by atoms with van der Waals surface area (Å²) in [5, 5.41) is 9.91. The van der Waals surface area contributed by atoms with Crippen LogP contribution in [0.2, 0.25) is 0 Å². The molecule has 0 aliphatic carbocycles. The van der Waals surface area contributed by atoms with E-state index in [9.17, 15) is 5.11 Å². The third-order valence-electron chi connectivity index (χ3n) is 2.53. The summed E-state index contributed by atoms with van der Waals surface area (Å²) in [6.07, 6.45) is 2.80. The van der Waals surface area contributed by atoms with Crippen LogP contribution in [0.3, 0.4) is 0 Å². The largest absolute Gasteiger partial charge is 0.507 e. The van der Waals surface area contributed by atoms with Gasteiger partial charge >= 0.3 is 0 Å². The maximum atomic E-state index is 9.91. The van der Waals surface area contributed by atoms with Crippen molar-refractivity contribution in [2.45, 2.75) is 39.2 Å². The fourth-order valence-electron chi connectivity index (χ4n) is 1.66. The van der Waals surface area contributed by atoms with Gasteiger partial charge in [0.25, 0.3) is 0 Å². The Labute approximate surface area is 85.8 Å². The number of aryl methyl sites for hydroxylation is 1. The van der Waals surface area contributed by atoms with Gasteiger partial charge < -0.3 is 10.8 Å². The molecule has 0 aromatic heterocycles. The highest BCUT2D eigenvalue weighted by atomic mass is 16.3. The van der Waals surface area contributed by atoms with Crippen LogP contribution in [0.4, 0.5) is 0 Å². The highest BCUT2D eigenvalue weighted by Gasteiger charge is 2.11. The molecule has 2 heteroatoms. The van der Waals surface area contributed by atoms with Gasteiger partial charge in [-0.05, 0) is 18.4 Å². The quantitative estimate of drug-likeness (QED) is 0.772. The second kappa shape index (κ2) is 5.01. The molecule has 3 N–H and O–H groups in total. The van der Waals surface area contributed by atoms with Crippen molar-refractivity contribution in [3.8, 4) is 5.75 Å². The second-order valence-electron chi connectivity index (χ2n) is 3.60. The van der Waals surface area contributed by atoms with Gasteiger partial charge in [0.15, 0.2) is 0 Å². The highest BCUT2D eigenvalue weighted by molar-refractivity contribution is 5.42. The first-order valence-electron chi connectivity index (χ1n) is 5.27. The molecule has 0 radical (unpaired) electrons. The minimum atomic E-state index is -0.0356. The minimum absolute atomic E-state index is 0.0356. The topological polar surface area (TPSA) is 46.2 Å². The summed E-state index contributed by atoms with van der Waals surface area (Å²) in [7, 11) is 0. The van der Waals surface area contributed by atoms with Gasteiger partial charge in [0.2, 0.25) is 0 Å². The van der Waals surface area contributed by atoms with E-state index in [0.29, 0.717) is 5.75 Å². The van der Waals surface area contributed by atoms with Gasteiger partial charge in [-0.1, -0.05) is 38.5 Å². The normalized spacial score (nSPS) is 12.8. The van der Waals surface area contributed by atoms with Crippen molar-refractivity contribution in [3.63, 3.8) is 0 Å². The summed E-state index contributed by atoms with van der Waals surface area (Å²) in [5.74, 6) is 0.385. The summed E-state index contributed by atoms with van der Waals surface area (Å²) in [4.78, 5) is 0. The standard InChI is InChI=1S/C12H19NO/c1-3-6-11(13)10-8-5-7-9(4-2)12(10)14/h5,7-8,11,14H,3-4,6,13H2,1-2H3/t11-/m1/s1. The van der Waals surface area contributed by atoms with E-state index in [-0.39, 0.29) is 6.04 Å². The van der Waals surface area contributed by atoms with Gasteiger partial charge in [-0.3, -0.25) is 0 Å². The predicted octanol–water partition coefficient (Wildman–Crippen LogP) is 2.75. The molecule has 0 spiro atoms. The summed E-state index contributed by atoms with van der Waals surface area (Å²) in [6.45, 7) is 4.13. The fourth-order valence-corrected chi connectivity index (χ4v) is 1.66. The zero-order valence-electron chi connectivity index (χ0n) is 8.96. The monoisotopic (exact) mass is 193 g/mol. The van der Waals surface area contributed by atoms with Crippen molar-refractivity contribution >= 4 is 0 Å². The molecule has 0 saturated carbocycles. The molecular weight excluding hydrogens is 174 g/mol. The summed E-state index contributed by atoms with van der Waals surface area (Å²) >= 11 is 0. The lowest BCUT2D eigenvalue weighted by atomic mass is 9.98. The van der Waals surface area contributed by atoms with Crippen LogP contribution in [0.15, 0.2) is 18.2 Å². The van der Waals surface area contributed by atoms with Crippen molar-refractivity contribution in [1.82, 2.24) is 0 Å². The Hall–Kier alpha value is -1.02. The molecule has 78 valence electrons. The number of para-hydroxylation sites is 1. The number of nitrogens with two attached hydrogens (primary N) is 1. The zero-order valence-corrected chi connectivity index (χ0v) is 8.96. The molecule has 1 aromatic rings. The van der Waals surface area contributed by atoms with Crippen LogP contribution >= 0.6 is 0 Å². The zero-order chi connectivity index (χ0) is 10.6. The predicted molar refractivity (Wildman–Crippen MR) is 59.3 cm³/mol. The molecular formula is C12H19NO. The molecule has 2 nitrogen and oxygen atoms in total. The Morgan fingerprint density at radius 1 is 1.36 bits per heavy atom. The third kappa shape index (κ3) is 2.26. The molecule has 0 aliphatic heterocycles. The number of phenols is 1. The van der Waals surface area contributed by atoms with Gasteiger partial charge in [0.05, 0.1) is 0 Å². The first kappa shape index (κ1) is 11.1. The van der Waals surface area contributed by atoms with Crippen LogP contribution in [-0.2, 0) is 6.42 Å². The Bertz CT molecular complexity index is 296. The lowest BCUT2D eigenvalue weighted by molar-refractivity contribution is 0.452. The van der Waals surface area contributed by atoms with E-state index < -0.39 is 0 Å². The van der Waals surface area contributed by atoms with E-state index in [0.717, 1.165) is 30.4 Å². The van der Waals surface area contributed by atoms with Crippen molar-refractivity contribution in [3.05, 3.63) is 29.3 Å². The summed E-state index contributed by atoms with van der Waals surface area (Å²) in [6, 6.07) is 5.78. The molecule has 0 amide bonds. The average Bonchev–Trinajstić information content (AvgIpc) is 2.18. The van der Waals surface area contributed by atoms with Crippen molar-refractivity contribution in [1.29, 1.82) is 0 Å². The number of hydrogen-bond acceptors (Lipinski definition) is 2. The van der Waals surface area contributed by atoms with Crippen LogP contribution in [0.5, 0.6) is 5.75 Å². The van der Waals surface area contributed by atoms with Gasteiger partial charge in [-0.25, -0.2) is 0 Å². The van der Waals surface area contributed by atoms with Gasteiger partial charge in [-0.2, -0.15) is 0 Å². The van der Waals surface area contributed by atoms with E-state index in [1.807, 2.05) is 25.1 Å². The van der Waals surface area contributed by atoms with Crippen molar-refractivity contribution in [2.75, 3.05) is 0 Å². The molecule has 0 saturated heterocycles. The molecule has 0 aliphatic rings. The van der Waals surface area contributed by atoms with E-state index in [1.165, 1.54) is 0 Å². The number of phenolic OH excluding ortho intramolecular Hbond substituents is 1. The average molecular weight is 193 g/mol. The minimum Gasteiger partial charge on any atom is -0.507 e. The maximum absolute atomic E-state index is 9.91. The molecule has 0 bridgehead atoms. The third-order valence-corrected chi connectivity index (χ3v) is 2.53. The molecule has 0 heterocycles. The summed E-state index contributed by atoms with van der Waals surface area (Å²) in [5.41, 5.74) is 7.83. The molecule has 0 unspecified atom stereocenters. The summed E-state index contributed by atoms with van der Waals surface area (Å²) < 4.78 is 0. The highest BCUT2D eigenvalue weighted by Crippen LogP contribution is 2.29. The molecule has 0 fully saturated rings. The number of benzene rings is 1. The molecule has 1 atom stereocenters. The second-order valence-corrected chi connectivity index (χ2v) is 3.60. The Morgan fingerprint density at radius 3 is 2.64 bits per heavy atom. The van der Waals surface area contributed by atoms with E-state index in [1.54, 1.807) is 0 Å². The van der Waals surface area contributed by atoms with Crippen LogP contribution in [0.25, 0.3) is 0 Å². The number of rotatable bonds is 4. The lowest BCUT2D eigenvalue weighted by Crippen LogP contribution is -2.10. The van der Waals surface area contributed by atoms with Crippen LogP contribution < -0.4 is 5.73 Å². The van der Waals surface area contributed by atoms with Crippen LogP contribution in [-0.4, -0.2) is 5.11 Å². The first-order chi connectivity index (χ1) is 6.70. The van der Waals surface area contributed by atoms with Crippen LogP contribution in [0.1, 0.15) is 43.9 Å². The Balaban J connectivity index is 2.96. The molecule has 14 heavy (non-hydrogen) atoms. The van der Waals surface area contributed by atoms with E-state index >= 15 is 0 Å². The fraction of sp³-hybridized carbons (Fsp3) is 0.500. The molecule has 1 aromatic carbocycles. The first-order valence-corrected chi connectivity index (χ1v) is 5.27. The lowest BCUT2D eigenvalue weighted by Gasteiger charge is -2.14. The van der Waals surface area contributed by atoms with E-state index in [4.69, 9.17) is 5.73 Å². The Kier molecular flexibility index (Phi) is 3.96. The van der Waals surface area contributed by atoms with E-state index in [2.05, 4.69) is 6.92 Å². The van der Waals surface area contributed by atoms with Gasteiger partial charge in [-0.15, -0.1) is 0 Å². The Morgan fingerprint density at radius 2 is 2.07 bits per heavy atom. The smallest absolute Gasteiger partial charge is 0.123 e. The van der Waals surface area contributed by atoms with Crippen molar-refractivity contribution < 1.29 is 5.11 Å². The number of hydrogen-bond donors (Lipinski definition) is 2. The van der Waals surface area contributed by atoms with Gasteiger partial charge in [0, 0.05) is 11.6 Å².